The fraction of sp³-hybridized carbons (Fsp3) is 0.429. The number of aliphatic hydroxyl groups is 2. The molecule has 1 amide bonds. The van der Waals surface area contributed by atoms with Crippen molar-refractivity contribution >= 4 is 21.8 Å². The molecule has 2 aromatic rings. The molecule has 0 saturated heterocycles. The normalized spacial score (nSPS) is 12.8. The molecule has 0 aromatic heterocycles. The van der Waals surface area contributed by atoms with Crippen molar-refractivity contribution in [3.8, 4) is 11.8 Å². The van der Waals surface area contributed by atoms with Gasteiger partial charge in [-0.15, -0.1) is 0 Å². The Morgan fingerprint density at radius 1 is 0.946 bits per heavy atom. The third-order valence-electron chi connectivity index (χ3n) is 5.88. The zero-order valence-electron chi connectivity index (χ0n) is 22.2. The zero-order chi connectivity index (χ0) is 28.2. The number of benzene rings is 2. The molecule has 0 aliphatic rings. The Kier molecular flexibility index (Phi) is 9.31. The van der Waals surface area contributed by atoms with Crippen molar-refractivity contribution in [2.45, 2.75) is 57.3 Å². The number of sulfone groups is 1. The summed E-state index contributed by atoms with van der Waals surface area (Å²) in [6.07, 6.45) is 1.29. The molecular weight excluding hydrogens is 492 g/mol. The zero-order valence-corrected chi connectivity index (χ0v) is 23.1. The van der Waals surface area contributed by atoms with Crippen molar-refractivity contribution in [1.82, 2.24) is 4.90 Å². The number of nitrogens with zero attached hydrogens (tertiary/aromatic N) is 2. The van der Waals surface area contributed by atoms with Crippen LogP contribution in [0.15, 0.2) is 46.2 Å². The molecule has 8 nitrogen and oxygen atoms in total. The van der Waals surface area contributed by atoms with Crippen LogP contribution in [-0.2, 0) is 20.7 Å². The first-order valence-electron chi connectivity index (χ1n) is 11.9. The summed E-state index contributed by atoms with van der Waals surface area (Å²) >= 11 is 0. The van der Waals surface area contributed by atoms with Crippen molar-refractivity contribution in [2.75, 3.05) is 26.3 Å². The summed E-state index contributed by atoms with van der Waals surface area (Å²) in [7, 11) is -4.21. The molecule has 3 N–H and O–H groups in total. The average molecular weight is 529 g/mol. The molecule has 2 rings (SSSR count). The van der Waals surface area contributed by atoms with Crippen LogP contribution in [0.1, 0.15) is 68.6 Å². The number of rotatable bonds is 8. The Labute approximate surface area is 219 Å². The Bertz CT molecular complexity index is 1270. The quantitative estimate of drug-likeness (QED) is 0.444. The lowest BCUT2D eigenvalue weighted by molar-refractivity contribution is 0.0684. The summed E-state index contributed by atoms with van der Waals surface area (Å²) in [6, 6.07) is 10.3. The molecule has 9 heteroatoms. The number of aliphatic hydroxyl groups excluding tert-OH is 2. The molecule has 200 valence electrons. The average Bonchev–Trinajstić information content (AvgIpc) is 2.81. The lowest BCUT2D eigenvalue weighted by atomic mass is 9.78. The fourth-order valence-electron chi connectivity index (χ4n) is 3.85. The van der Waals surface area contributed by atoms with Crippen molar-refractivity contribution in [1.29, 1.82) is 5.26 Å². The molecule has 2 aromatic carbocycles. The fourth-order valence-corrected chi connectivity index (χ4v) is 5.01. The largest absolute Gasteiger partial charge is 0.507 e. The minimum Gasteiger partial charge on any atom is -0.507 e. The van der Waals surface area contributed by atoms with Crippen LogP contribution < -0.4 is 0 Å². The Morgan fingerprint density at radius 2 is 1.41 bits per heavy atom. The van der Waals surface area contributed by atoms with E-state index in [1.165, 1.54) is 35.2 Å². The number of phenols is 1. The Morgan fingerprint density at radius 3 is 1.78 bits per heavy atom. The lowest BCUT2D eigenvalue weighted by Crippen LogP contribution is -2.35. The monoisotopic (exact) mass is 528 g/mol. The first-order valence-corrected chi connectivity index (χ1v) is 13.4. The summed E-state index contributed by atoms with van der Waals surface area (Å²) in [5, 5.41) is 39.0. The minimum atomic E-state index is -4.21. The molecule has 0 bridgehead atoms. The Hall–Kier alpha value is -3.19. The van der Waals surface area contributed by atoms with Gasteiger partial charge in [-0.05, 0) is 58.9 Å². The third kappa shape index (κ3) is 6.98. The predicted molar refractivity (Wildman–Crippen MR) is 143 cm³/mol. The van der Waals surface area contributed by atoms with Crippen molar-refractivity contribution in [3.05, 3.63) is 63.6 Å². The van der Waals surface area contributed by atoms with E-state index in [9.17, 15) is 23.6 Å². The second-order valence-electron chi connectivity index (χ2n) is 10.9. The van der Waals surface area contributed by atoms with E-state index in [1.807, 2.05) is 41.5 Å². The molecule has 0 fully saturated rings. The maximum atomic E-state index is 13.3. The first kappa shape index (κ1) is 30.0. The van der Waals surface area contributed by atoms with Crippen LogP contribution in [0.25, 0.3) is 6.08 Å². The van der Waals surface area contributed by atoms with Crippen LogP contribution in [0.4, 0.5) is 0 Å². The second-order valence-corrected chi connectivity index (χ2v) is 12.8. The van der Waals surface area contributed by atoms with Gasteiger partial charge in [-0.2, -0.15) is 5.26 Å². The number of phenolic OH excluding ortho intramolecular Hbond substituents is 1. The summed E-state index contributed by atoms with van der Waals surface area (Å²) < 4.78 is 26.6. The van der Waals surface area contributed by atoms with E-state index in [2.05, 4.69) is 0 Å². The number of carbonyl (C=O) groups excluding carboxylic acids is 1. The Balaban J connectivity index is 2.56. The topological polar surface area (TPSA) is 139 Å². The number of nitriles is 1. The maximum Gasteiger partial charge on any atom is 0.254 e. The van der Waals surface area contributed by atoms with Gasteiger partial charge in [0.15, 0.2) is 0 Å². The third-order valence-corrected chi connectivity index (χ3v) is 7.57. The summed E-state index contributed by atoms with van der Waals surface area (Å²) in [4.78, 5) is 13.3. The molecule has 0 radical (unpaired) electrons. The number of amides is 1. The van der Waals surface area contributed by atoms with Gasteiger partial charge in [0.1, 0.15) is 16.7 Å². The SMILES string of the molecule is CC(C)(C)c1cc(C=C(C#N)S(=O)(=O)c2ccc(C(=O)N(CCO)CCO)cc2)cc(C(C)(C)C)c1O. The van der Waals surface area contributed by atoms with Crippen LogP contribution in [0, 0.1) is 11.3 Å². The highest BCUT2D eigenvalue weighted by Gasteiger charge is 2.28. The van der Waals surface area contributed by atoms with Gasteiger partial charge < -0.3 is 20.2 Å². The molecule has 0 spiro atoms. The maximum absolute atomic E-state index is 13.3. The van der Waals surface area contributed by atoms with Crippen LogP contribution >= 0.6 is 0 Å². The van der Waals surface area contributed by atoms with Crippen LogP contribution in [0.2, 0.25) is 0 Å². The van der Waals surface area contributed by atoms with Gasteiger partial charge in [-0.1, -0.05) is 41.5 Å². The van der Waals surface area contributed by atoms with Gasteiger partial charge >= 0.3 is 0 Å². The van der Waals surface area contributed by atoms with Gasteiger partial charge in [0.25, 0.3) is 5.91 Å². The first-order chi connectivity index (χ1) is 17.1. The molecular formula is C28H36N2O6S. The van der Waals surface area contributed by atoms with E-state index < -0.39 is 31.5 Å². The minimum absolute atomic E-state index is 0.0283. The lowest BCUT2D eigenvalue weighted by Gasteiger charge is -2.28. The van der Waals surface area contributed by atoms with E-state index in [1.54, 1.807) is 18.2 Å². The molecule has 0 saturated carbocycles. The van der Waals surface area contributed by atoms with Gasteiger partial charge in [-0.3, -0.25) is 4.79 Å². The molecule has 37 heavy (non-hydrogen) atoms. The number of hydrogen-bond acceptors (Lipinski definition) is 7. The number of aromatic hydroxyl groups is 1. The highest BCUT2D eigenvalue weighted by atomic mass is 32.2. The van der Waals surface area contributed by atoms with Gasteiger partial charge in [-0.25, -0.2) is 8.42 Å². The van der Waals surface area contributed by atoms with E-state index >= 15 is 0 Å². The molecule has 0 aliphatic carbocycles. The molecule has 0 unspecified atom stereocenters. The van der Waals surface area contributed by atoms with Gasteiger partial charge in [0.05, 0.1) is 18.1 Å². The van der Waals surface area contributed by atoms with Crippen LogP contribution in [0.5, 0.6) is 5.75 Å². The van der Waals surface area contributed by atoms with Crippen LogP contribution in [-0.4, -0.2) is 60.8 Å². The molecule has 0 atom stereocenters. The van der Waals surface area contributed by atoms with Crippen molar-refractivity contribution in [2.24, 2.45) is 0 Å². The highest BCUT2D eigenvalue weighted by Crippen LogP contribution is 2.40. The number of carbonyl (C=O) groups is 1. The van der Waals surface area contributed by atoms with Crippen molar-refractivity contribution < 1.29 is 28.5 Å². The van der Waals surface area contributed by atoms with E-state index in [-0.39, 0.29) is 42.5 Å². The molecule has 0 aliphatic heterocycles. The predicted octanol–water partition coefficient (Wildman–Crippen LogP) is 3.75. The van der Waals surface area contributed by atoms with E-state index in [0.717, 1.165) is 0 Å². The van der Waals surface area contributed by atoms with E-state index in [0.29, 0.717) is 16.7 Å². The summed E-state index contributed by atoms with van der Waals surface area (Å²) in [6.45, 7) is 11.1. The summed E-state index contributed by atoms with van der Waals surface area (Å²) in [5.41, 5.74) is 1.08. The van der Waals surface area contributed by atoms with E-state index in [4.69, 9.17) is 10.2 Å². The standard InChI is InChI=1S/C28H36N2O6S/c1-27(2,3)23-16-19(17-24(25(23)33)28(4,5)6)15-22(18-29)37(35,36)21-9-7-20(8-10-21)26(34)30(11-13-31)12-14-32/h7-10,15-17,31-33H,11-14H2,1-6H3. The smallest absolute Gasteiger partial charge is 0.254 e. The second kappa shape index (κ2) is 11.5. The number of allylic oxidation sites excluding steroid dienone is 1. The van der Waals surface area contributed by atoms with Gasteiger partial charge in [0.2, 0.25) is 9.84 Å². The van der Waals surface area contributed by atoms with Gasteiger partial charge in [0, 0.05) is 29.8 Å². The highest BCUT2D eigenvalue weighted by molar-refractivity contribution is 7.95. The van der Waals surface area contributed by atoms with Crippen LogP contribution in [0.3, 0.4) is 0 Å². The number of hydrogen-bond donors (Lipinski definition) is 3. The molecule has 0 heterocycles. The summed E-state index contributed by atoms with van der Waals surface area (Å²) in [5.74, 6) is -0.313. The van der Waals surface area contributed by atoms with Crippen molar-refractivity contribution in [3.63, 3.8) is 0 Å².